The molecule has 0 saturated heterocycles. The molecule has 0 bridgehead atoms. The molecule has 0 aliphatic rings. The van der Waals surface area contributed by atoms with Gasteiger partial charge < -0.3 is 15.8 Å². The Balaban J connectivity index is 2.33. The maximum absolute atomic E-state index is 12.3. The molecule has 2 amide bonds. The minimum Gasteiger partial charge on any atom is -0.490 e. The van der Waals surface area contributed by atoms with Crippen LogP contribution in [0.5, 0.6) is 5.75 Å². The molecular formula is C14H13N3O5S. The lowest BCUT2D eigenvalue weighted by Crippen LogP contribution is -2.16. The van der Waals surface area contributed by atoms with Gasteiger partial charge in [-0.15, -0.1) is 11.3 Å². The van der Waals surface area contributed by atoms with Crippen molar-refractivity contribution in [3.8, 4) is 5.75 Å². The second-order valence-corrected chi connectivity index (χ2v) is 5.82. The number of nitrogens with zero attached hydrogens (tertiary/aromatic N) is 1. The predicted octanol–water partition coefficient (Wildman–Crippen LogP) is 2.32. The van der Waals surface area contributed by atoms with E-state index in [-0.39, 0.29) is 22.6 Å². The zero-order valence-electron chi connectivity index (χ0n) is 12.3. The van der Waals surface area contributed by atoms with E-state index in [0.717, 1.165) is 10.9 Å². The number of benzene rings is 1. The van der Waals surface area contributed by atoms with Gasteiger partial charge in [0.25, 0.3) is 11.8 Å². The molecule has 2 aromatic rings. The highest BCUT2D eigenvalue weighted by atomic mass is 32.1. The van der Waals surface area contributed by atoms with E-state index >= 15 is 0 Å². The SMILES string of the molecule is COc1ccc(C(=O)Nc2sc(C)cc2C(N)=O)cc1[N+](=O)[O-]. The Morgan fingerprint density at radius 2 is 2.04 bits per heavy atom. The summed E-state index contributed by atoms with van der Waals surface area (Å²) in [4.78, 5) is 34.8. The van der Waals surface area contributed by atoms with Crippen LogP contribution in [-0.2, 0) is 0 Å². The van der Waals surface area contributed by atoms with Gasteiger partial charge in [0, 0.05) is 16.5 Å². The standard InChI is InChI=1S/C14H13N3O5S/c1-7-5-9(12(15)18)14(23-7)16-13(19)8-3-4-11(22-2)10(6-8)17(20)21/h3-6H,1-2H3,(H2,15,18)(H,16,19). The van der Waals surface area contributed by atoms with E-state index in [0.29, 0.717) is 5.00 Å². The summed E-state index contributed by atoms with van der Waals surface area (Å²) in [7, 11) is 1.30. The van der Waals surface area contributed by atoms with Crippen LogP contribution in [0.3, 0.4) is 0 Å². The molecule has 0 aliphatic heterocycles. The molecule has 23 heavy (non-hydrogen) atoms. The number of rotatable bonds is 5. The number of nitro groups is 1. The monoisotopic (exact) mass is 335 g/mol. The van der Waals surface area contributed by atoms with Crippen molar-refractivity contribution < 1.29 is 19.2 Å². The number of nitro benzene ring substituents is 1. The number of methoxy groups -OCH3 is 1. The van der Waals surface area contributed by atoms with E-state index in [1.165, 1.54) is 30.6 Å². The maximum Gasteiger partial charge on any atom is 0.311 e. The summed E-state index contributed by atoms with van der Waals surface area (Å²) in [5.41, 5.74) is 5.20. The van der Waals surface area contributed by atoms with Gasteiger partial charge in [-0.1, -0.05) is 0 Å². The Morgan fingerprint density at radius 3 is 2.61 bits per heavy atom. The molecule has 0 saturated carbocycles. The molecule has 1 aromatic carbocycles. The van der Waals surface area contributed by atoms with Gasteiger partial charge in [-0.2, -0.15) is 0 Å². The van der Waals surface area contributed by atoms with E-state index in [2.05, 4.69) is 5.32 Å². The number of carbonyl (C=O) groups excluding carboxylic acids is 2. The fourth-order valence-corrected chi connectivity index (χ4v) is 2.85. The lowest BCUT2D eigenvalue weighted by molar-refractivity contribution is -0.385. The average Bonchev–Trinajstić information content (AvgIpc) is 2.87. The van der Waals surface area contributed by atoms with Crippen molar-refractivity contribution in [2.75, 3.05) is 12.4 Å². The van der Waals surface area contributed by atoms with Gasteiger partial charge in [0.15, 0.2) is 5.75 Å². The van der Waals surface area contributed by atoms with Crippen LogP contribution in [0.25, 0.3) is 0 Å². The van der Waals surface area contributed by atoms with Crippen LogP contribution in [0.15, 0.2) is 24.3 Å². The molecule has 0 aliphatic carbocycles. The fourth-order valence-electron chi connectivity index (χ4n) is 1.94. The van der Waals surface area contributed by atoms with E-state index in [1.807, 2.05) is 0 Å². The third-order valence-corrected chi connectivity index (χ3v) is 3.95. The molecular weight excluding hydrogens is 322 g/mol. The molecule has 0 fully saturated rings. The first-order valence-corrected chi connectivity index (χ1v) is 7.19. The maximum atomic E-state index is 12.3. The summed E-state index contributed by atoms with van der Waals surface area (Å²) in [5, 5.41) is 13.8. The number of carbonyl (C=O) groups is 2. The van der Waals surface area contributed by atoms with Crippen LogP contribution in [0.4, 0.5) is 10.7 Å². The lowest BCUT2D eigenvalue weighted by atomic mass is 10.1. The van der Waals surface area contributed by atoms with Gasteiger partial charge in [-0.3, -0.25) is 19.7 Å². The summed E-state index contributed by atoms with van der Waals surface area (Å²) in [5.74, 6) is -1.19. The van der Waals surface area contributed by atoms with Gasteiger partial charge in [0.05, 0.1) is 17.6 Å². The molecule has 1 heterocycles. The Kier molecular flexibility index (Phi) is 4.60. The highest BCUT2D eigenvalue weighted by Crippen LogP contribution is 2.30. The smallest absolute Gasteiger partial charge is 0.311 e. The van der Waals surface area contributed by atoms with Gasteiger partial charge in [-0.05, 0) is 25.1 Å². The molecule has 0 atom stereocenters. The topological polar surface area (TPSA) is 125 Å². The zero-order chi connectivity index (χ0) is 17.1. The molecule has 8 nitrogen and oxygen atoms in total. The largest absolute Gasteiger partial charge is 0.490 e. The van der Waals surface area contributed by atoms with Crippen LogP contribution in [0.2, 0.25) is 0 Å². The van der Waals surface area contributed by atoms with Crippen LogP contribution in [-0.4, -0.2) is 23.8 Å². The quantitative estimate of drug-likeness (QED) is 0.641. The summed E-state index contributed by atoms with van der Waals surface area (Å²) < 4.78 is 4.88. The Morgan fingerprint density at radius 1 is 1.35 bits per heavy atom. The number of hydrogen-bond donors (Lipinski definition) is 2. The van der Waals surface area contributed by atoms with Crippen LogP contribution < -0.4 is 15.8 Å². The number of aryl methyl sites for hydroxylation is 1. The van der Waals surface area contributed by atoms with E-state index in [4.69, 9.17) is 10.5 Å². The minimum absolute atomic E-state index is 0.0522. The molecule has 0 spiro atoms. The molecule has 9 heteroatoms. The van der Waals surface area contributed by atoms with Crippen molar-refractivity contribution in [3.05, 3.63) is 50.4 Å². The van der Waals surface area contributed by atoms with Crippen LogP contribution >= 0.6 is 11.3 Å². The first kappa shape index (κ1) is 16.4. The van der Waals surface area contributed by atoms with Crippen LogP contribution in [0, 0.1) is 17.0 Å². The van der Waals surface area contributed by atoms with Crippen molar-refractivity contribution in [1.29, 1.82) is 0 Å². The van der Waals surface area contributed by atoms with Crippen molar-refractivity contribution in [2.45, 2.75) is 6.92 Å². The van der Waals surface area contributed by atoms with Gasteiger partial charge in [-0.25, -0.2) is 0 Å². The average molecular weight is 335 g/mol. The zero-order valence-corrected chi connectivity index (χ0v) is 13.1. The molecule has 0 radical (unpaired) electrons. The Hall–Kier alpha value is -2.94. The van der Waals surface area contributed by atoms with Gasteiger partial charge in [0.2, 0.25) is 0 Å². The Bertz CT molecular complexity index is 800. The first-order valence-electron chi connectivity index (χ1n) is 6.37. The highest BCUT2D eigenvalue weighted by molar-refractivity contribution is 7.16. The predicted molar refractivity (Wildman–Crippen MR) is 85.2 cm³/mol. The van der Waals surface area contributed by atoms with Crippen molar-refractivity contribution in [1.82, 2.24) is 0 Å². The van der Waals surface area contributed by atoms with Crippen LogP contribution in [0.1, 0.15) is 25.6 Å². The van der Waals surface area contributed by atoms with E-state index in [9.17, 15) is 19.7 Å². The number of hydrogen-bond acceptors (Lipinski definition) is 6. The number of amides is 2. The highest BCUT2D eigenvalue weighted by Gasteiger charge is 2.20. The molecule has 1 aromatic heterocycles. The second kappa shape index (κ2) is 6.44. The summed E-state index contributed by atoms with van der Waals surface area (Å²) in [6, 6.07) is 5.41. The molecule has 3 N–H and O–H groups in total. The van der Waals surface area contributed by atoms with Crippen molar-refractivity contribution in [3.63, 3.8) is 0 Å². The van der Waals surface area contributed by atoms with Crippen molar-refractivity contribution >= 4 is 33.8 Å². The Labute approximate surface area is 135 Å². The minimum atomic E-state index is -0.662. The number of thiophene rings is 1. The third kappa shape index (κ3) is 3.46. The lowest BCUT2D eigenvalue weighted by Gasteiger charge is -2.06. The number of anilines is 1. The number of ether oxygens (including phenoxy) is 1. The molecule has 2 rings (SSSR count). The number of primary amides is 1. The summed E-state index contributed by atoms with van der Waals surface area (Å²) >= 11 is 1.19. The van der Waals surface area contributed by atoms with E-state index in [1.54, 1.807) is 13.0 Å². The van der Waals surface area contributed by atoms with Gasteiger partial charge in [0.1, 0.15) is 5.00 Å². The summed E-state index contributed by atoms with van der Waals surface area (Å²) in [6.45, 7) is 1.77. The number of nitrogens with one attached hydrogen (secondary N) is 1. The molecule has 0 unspecified atom stereocenters. The third-order valence-electron chi connectivity index (χ3n) is 2.99. The fraction of sp³-hybridized carbons (Fsp3) is 0.143. The first-order chi connectivity index (χ1) is 10.8. The number of nitrogens with two attached hydrogens (primary N) is 1. The normalized spacial score (nSPS) is 10.2. The molecule has 120 valence electrons. The van der Waals surface area contributed by atoms with E-state index < -0.39 is 16.7 Å². The second-order valence-electron chi connectivity index (χ2n) is 4.56. The summed E-state index contributed by atoms with van der Waals surface area (Å²) in [6.07, 6.45) is 0. The van der Waals surface area contributed by atoms with Crippen molar-refractivity contribution in [2.24, 2.45) is 5.73 Å². The van der Waals surface area contributed by atoms with Gasteiger partial charge >= 0.3 is 5.69 Å².